The van der Waals surface area contributed by atoms with Crippen LogP contribution in [0.1, 0.15) is 5.56 Å². The number of benzene rings is 2. The van der Waals surface area contributed by atoms with Crippen molar-refractivity contribution in [2.75, 3.05) is 5.01 Å². The summed E-state index contributed by atoms with van der Waals surface area (Å²) in [5.41, 5.74) is 3.50. The smallest absolute Gasteiger partial charge is 0.287 e. The maximum Gasteiger partial charge on any atom is 0.287 e. The number of hydrazine groups is 1. The Labute approximate surface area is 198 Å². The van der Waals surface area contributed by atoms with Gasteiger partial charge in [-0.1, -0.05) is 18.2 Å². The first-order chi connectivity index (χ1) is 15.3. The minimum absolute atomic E-state index is 0.0154. The second kappa shape index (κ2) is 8.89. The predicted octanol–water partition coefficient (Wildman–Crippen LogP) is 4.77. The highest BCUT2D eigenvalue weighted by Crippen LogP contribution is 2.38. The number of halogens is 2. The predicted molar refractivity (Wildman–Crippen MR) is 123 cm³/mol. The number of carbonyl (C=O) groups is 2. The summed E-state index contributed by atoms with van der Waals surface area (Å²) in [4.78, 5) is 39.2. The number of nitro groups is 1. The van der Waals surface area contributed by atoms with E-state index in [9.17, 15) is 19.7 Å². The van der Waals surface area contributed by atoms with Crippen molar-refractivity contribution in [3.63, 3.8) is 0 Å². The van der Waals surface area contributed by atoms with Crippen LogP contribution in [0, 0.1) is 10.1 Å². The molecule has 11 heteroatoms. The Bertz CT molecular complexity index is 1240. The Morgan fingerprint density at radius 1 is 1.06 bits per heavy atom. The van der Waals surface area contributed by atoms with Crippen molar-refractivity contribution < 1.29 is 19.2 Å². The van der Waals surface area contributed by atoms with Gasteiger partial charge in [-0.3, -0.25) is 25.1 Å². The molecular formula is C21H12Br2N4O5. The molecule has 0 unspecified atom stereocenters. The van der Waals surface area contributed by atoms with E-state index in [2.05, 4.69) is 42.3 Å². The highest BCUT2D eigenvalue weighted by Gasteiger charge is 2.34. The van der Waals surface area contributed by atoms with Gasteiger partial charge in [0.15, 0.2) is 5.75 Å². The molecule has 0 radical (unpaired) electrons. The van der Waals surface area contributed by atoms with E-state index in [4.69, 9.17) is 4.74 Å². The van der Waals surface area contributed by atoms with Gasteiger partial charge in [-0.25, -0.2) is 9.99 Å². The Kier molecular flexibility index (Phi) is 6.01. The number of hydrogen-bond acceptors (Lipinski definition) is 6. The molecule has 1 fully saturated rings. The van der Waals surface area contributed by atoms with E-state index in [-0.39, 0.29) is 17.1 Å². The summed E-state index contributed by atoms with van der Waals surface area (Å²) in [5.74, 6) is -0.445. The van der Waals surface area contributed by atoms with Crippen LogP contribution in [0.25, 0.3) is 6.08 Å². The van der Waals surface area contributed by atoms with E-state index in [1.54, 1.807) is 36.4 Å². The standard InChI is InChI=1S/C21H12Br2N4O5/c22-16-9-12(8-15-20(28)25-26(21(15)29)13-4-2-1-3-5-13)10-17(23)19(16)32-18-7-6-14(11-24-18)27(30)31/h1-11H,(H,25,28)/b15-8-. The van der Waals surface area contributed by atoms with Crippen molar-refractivity contribution >= 4 is 61.1 Å². The summed E-state index contributed by atoms with van der Waals surface area (Å²) in [5, 5.41) is 11.9. The van der Waals surface area contributed by atoms with Crippen LogP contribution >= 0.6 is 31.9 Å². The third-order valence-electron chi connectivity index (χ3n) is 4.38. The molecule has 1 saturated heterocycles. The number of ether oxygens (including phenoxy) is 1. The Balaban J connectivity index is 1.59. The maximum absolute atomic E-state index is 12.7. The molecule has 1 aliphatic heterocycles. The van der Waals surface area contributed by atoms with Crippen molar-refractivity contribution in [3.05, 3.63) is 91.0 Å². The second-order valence-electron chi connectivity index (χ2n) is 6.50. The normalized spacial score (nSPS) is 14.6. The number of nitrogens with zero attached hydrogens (tertiary/aromatic N) is 3. The van der Waals surface area contributed by atoms with Gasteiger partial charge < -0.3 is 4.74 Å². The number of aromatic nitrogens is 1. The molecule has 2 aromatic carbocycles. The lowest BCUT2D eigenvalue weighted by molar-refractivity contribution is -0.385. The molecule has 1 aromatic heterocycles. The quantitative estimate of drug-likeness (QED) is 0.208. The highest BCUT2D eigenvalue weighted by molar-refractivity contribution is 9.11. The van der Waals surface area contributed by atoms with E-state index in [0.29, 0.717) is 25.9 Å². The zero-order valence-corrected chi connectivity index (χ0v) is 19.2. The Morgan fingerprint density at radius 2 is 1.75 bits per heavy atom. The summed E-state index contributed by atoms with van der Waals surface area (Å²) >= 11 is 6.81. The molecular weight excluding hydrogens is 548 g/mol. The highest BCUT2D eigenvalue weighted by atomic mass is 79.9. The van der Waals surface area contributed by atoms with Crippen molar-refractivity contribution in [3.8, 4) is 11.6 Å². The third-order valence-corrected chi connectivity index (χ3v) is 5.55. The fourth-order valence-corrected chi connectivity index (χ4v) is 4.27. The van der Waals surface area contributed by atoms with Crippen LogP contribution < -0.4 is 15.2 Å². The largest absolute Gasteiger partial charge is 0.437 e. The molecule has 0 aliphatic carbocycles. The number of rotatable bonds is 5. The van der Waals surface area contributed by atoms with Gasteiger partial charge in [0.1, 0.15) is 11.8 Å². The summed E-state index contributed by atoms with van der Waals surface area (Å²) < 4.78 is 6.75. The fraction of sp³-hybridized carbons (Fsp3) is 0. The molecule has 32 heavy (non-hydrogen) atoms. The molecule has 2 heterocycles. The van der Waals surface area contributed by atoms with E-state index in [1.165, 1.54) is 23.2 Å². The average Bonchev–Trinajstić information content (AvgIpc) is 3.05. The first-order valence-corrected chi connectivity index (χ1v) is 10.6. The van der Waals surface area contributed by atoms with Crippen LogP contribution in [0.2, 0.25) is 0 Å². The lowest BCUT2D eigenvalue weighted by Gasteiger charge is -2.13. The first kappa shape index (κ1) is 21.7. The minimum Gasteiger partial charge on any atom is -0.437 e. The van der Waals surface area contributed by atoms with Crippen LogP contribution in [0.15, 0.2) is 75.3 Å². The van der Waals surface area contributed by atoms with Crippen molar-refractivity contribution in [1.82, 2.24) is 10.4 Å². The summed E-state index contributed by atoms with van der Waals surface area (Å²) in [6, 6.07) is 14.8. The lowest BCUT2D eigenvalue weighted by Crippen LogP contribution is -2.35. The van der Waals surface area contributed by atoms with Gasteiger partial charge in [-0.15, -0.1) is 0 Å². The van der Waals surface area contributed by atoms with Crippen molar-refractivity contribution in [1.29, 1.82) is 0 Å². The molecule has 0 bridgehead atoms. The van der Waals surface area contributed by atoms with E-state index in [1.807, 2.05) is 6.07 Å². The fourth-order valence-electron chi connectivity index (χ4n) is 2.89. The molecule has 160 valence electrons. The molecule has 1 N–H and O–H groups in total. The maximum atomic E-state index is 12.7. The van der Waals surface area contributed by atoms with Crippen LogP contribution in [-0.2, 0) is 9.59 Å². The number of pyridine rings is 1. The molecule has 4 rings (SSSR count). The third kappa shape index (κ3) is 4.39. The summed E-state index contributed by atoms with van der Waals surface area (Å²) in [7, 11) is 0. The topological polar surface area (TPSA) is 115 Å². The van der Waals surface area contributed by atoms with Gasteiger partial charge in [-0.05, 0) is 67.8 Å². The van der Waals surface area contributed by atoms with E-state index in [0.717, 1.165) is 6.20 Å². The van der Waals surface area contributed by atoms with Crippen LogP contribution in [0.5, 0.6) is 11.6 Å². The molecule has 2 amide bonds. The van der Waals surface area contributed by atoms with Gasteiger partial charge in [0.2, 0.25) is 5.88 Å². The summed E-state index contributed by atoms with van der Waals surface area (Å²) in [6.07, 6.45) is 2.57. The van der Waals surface area contributed by atoms with Gasteiger partial charge >= 0.3 is 0 Å². The van der Waals surface area contributed by atoms with Crippen LogP contribution in [-0.4, -0.2) is 21.7 Å². The van der Waals surface area contributed by atoms with E-state index >= 15 is 0 Å². The van der Waals surface area contributed by atoms with E-state index < -0.39 is 16.7 Å². The van der Waals surface area contributed by atoms with Crippen LogP contribution in [0.3, 0.4) is 0 Å². The Morgan fingerprint density at radius 3 is 2.34 bits per heavy atom. The number of hydrogen-bond donors (Lipinski definition) is 1. The van der Waals surface area contributed by atoms with Gasteiger partial charge in [-0.2, -0.15) is 0 Å². The minimum atomic E-state index is -0.551. The van der Waals surface area contributed by atoms with Gasteiger partial charge in [0, 0.05) is 12.1 Å². The Hall–Kier alpha value is -3.57. The first-order valence-electron chi connectivity index (χ1n) is 9.03. The SMILES string of the molecule is O=C1NN(c2ccccc2)C(=O)/C1=C\c1cc(Br)c(Oc2ccc([N+](=O)[O-])cn2)c(Br)c1. The lowest BCUT2D eigenvalue weighted by atomic mass is 10.1. The molecule has 0 atom stereocenters. The second-order valence-corrected chi connectivity index (χ2v) is 8.21. The number of amides is 2. The molecule has 3 aromatic rings. The molecule has 1 aliphatic rings. The number of carbonyl (C=O) groups excluding carboxylic acids is 2. The van der Waals surface area contributed by atoms with Crippen molar-refractivity contribution in [2.45, 2.75) is 0 Å². The molecule has 0 saturated carbocycles. The number of para-hydroxylation sites is 1. The number of nitrogens with one attached hydrogen (secondary N) is 1. The molecule has 0 spiro atoms. The van der Waals surface area contributed by atoms with Gasteiger partial charge in [0.25, 0.3) is 17.5 Å². The number of anilines is 1. The zero-order valence-electron chi connectivity index (χ0n) is 16.0. The van der Waals surface area contributed by atoms with Crippen molar-refractivity contribution in [2.24, 2.45) is 0 Å². The molecule has 9 nitrogen and oxygen atoms in total. The van der Waals surface area contributed by atoms with Crippen LogP contribution in [0.4, 0.5) is 11.4 Å². The average molecular weight is 560 g/mol. The monoisotopic (exact) mass is 558 g/mol. The summed E-state index contributed by atoms with van der Waals surface area (Å²) in [6.45, 7) is 0. The van der Waals surface area contributed by atoms with Gasteiger partial charge in [0.05, 0.1) is 19.6 Å². The zero-order chi connectivity index (χ0) is 22.8.